The molecule has 1 aliphatic heterocycles. The maximum atomic E-state index is 13.6. The van der Waals surface area contributed by atoms with Gasteiger partial charge in [-0.15, -0.1) is 22.7 Å². The van der Waals surface area contributed by atoms with E-state index >= 15 is 0 Å². The number of rotatable bonds is 5. The molecule has 6 rings (SSSR count). The van der Waals surface area contributed by atoms with Crippen LogP contribution in [0.3, 0.4) is 0 Å². The molecule has 36 heavy (non-hydrogen) atoms. The summed E-state index contributed by atoms with van der Waals surface area (Å²) in [6.45, 7) is 2.15. The molecule has 5 aromatic rings. The molecular formula is C28H19N3O3S2. The smallest absolute Gasteiger partial charge is 0.257 e. The number of carbonyl (C=O) groups excluding carboxylic acids is 1. The Morgan fingerprint density at radius 1 is 1.11 bits per heavy atom. The van der Waals surface area contributed by atoms with Gasteiger partial charge in [0.05, 0.1) is 27.2 Å². The van der Waals surface area contributed by atoms with Gasteiger partial charge in [0.15, 0.2) is 11.5 Å². The second kappa shape index (κ2) is 9.11. The van der Waals surface area contributed by atoms with Gasteiger partial charge in [-0.05, 0) is 53.8 Å². The number of amides is 1. The summed E-state index contributed by atoms with van der Waals surface area (Å²) in [5.41, 5.74) is 4.43. The number of nitrogens with one attached hydrogen (secondary N) is 1. The molecule has 4 heterocycles. The maximum Gasteiger partial charge on any atom is 0.257 e. The minimum atomic E-state index is -0.265. The standard InChI is InChI=1S/C28H19N3O3S2/c1-16-20(14-29)28(36-26(16)12-17-8-9-23-24(11-17)34-15-33-23)31-27(32)19-13-22(25-7-4-10-35-25)30-21-6-3-2-5-18(19)21/h2-11,13H,12,15H2,1H3,(H,31,32). The van der Waals surface area contributed by atoms with E-state index in [4.69, 9.17) is 14.5 Å². The largest absolute Gasteiger partial charge is 0.454 e. The molecule has 0 fully saturated rings. The highest BCUT2D eigenvalue weighted by molar-refractivity contribution is 7.16. The SMILES string of the molecule is Cc1c(Cc2ccc3c(c2)OCO3)sc(NC(=O)c2cc(-c3cccs3)nc3ccccc23)c1C#N. The molecule has 0 saturated heterocycles. The normalized spacial score (nSPS) is 12.0. The minimum absolute atomic E-state index is 0.226. The number of benzene rings is 2. The summed E-state index contributed by atoms with van der Waals surface area (Å²) in [4.78, 5) is 20.3. The van der Waals surface area contributed by atoms with Crippen LogP contribution >= 0.6 is 22.7 Å². The first-order chi connectivity index (χ1) is 17.6. The predicted molar refractivity (Wildman–Crippen MR) is 142 cm³/mol. The van der Waals surface area contributed by atoms with Crippen molar-refractivity contribution in [1.29, 1.82) is 5.26 Å². The first-order valence-electron chi connectivity index (χ1n) is 11.3. The summed E-state index contributed by atoms with van der Waals surface area (Å²) in [7, 11) is 0. The van der Waals surface area contributed by atoms with E-state index in [0.717, 1.165) is 49.0 Å². The first-order valence-corrected chi connectivity index (χ1v) is 13.0. The lowest BCUT2D eigenvalue weighted by molar-refractivity contribution is 0.102. The van der Waals surface area contributed by atoms with E-state index in [-0.39, 0.29) is 12.7 Å². The molecule has 2 aromatic carbocycles. The Bertz CT molecular complexity index is 1670. The van der Waals surface area contributed by atoms with Crippen LogP contribution in [-0.4, -0.2) is 17.7 Å². The third kappa shape index (κ3) is 3.98. The van der Waals surface area contributed by atoms with Crippen LogP contribution in [0.2, 0.25) is 0 Å². The Kier molecular flexibility index (Phi) is 5.64. The Balaban J connectivity index is 1.34. The number of thiophene rings is 2. The van der Waals surface area contributed by atoms with Gasteiger partial charge in [-0.1, -0.05) is 30.3 Å². The summed E-state index contributed by atoms with van der Waals surface area (Å²) in [6.07, 6.45) is 0.623. The monoisotopic (exact) mass is 509 g/mol. The topological polar surface area (TPSA) is 84.2 Å². The van der Waals surface area contributed by atoms with Crippen LogP contribution in [0.1, 0.15) is 31.9 Å². The lowest BCUT2D eigenvalue weighted by Gasteiger charge is -2.09. The number of anilines is 1. The second-order valence-corrected chi connectivity index (χ2v) is 10.4. The van der Waals surface area contributed by atoms with Crippen molar-refractivity contribution in [3.8, 4) is 28.1 Å². The van der Waals surface area contributed by atoms with Crippen LogP contribution in [0.25, 0.3) is 21.5 Å². The highest BCUT2D eigenvalue weighted by Gasteiger charge is 2.21. The average Bonchev–Trinajstić information content (AvgIpc) is 3.64. The number of hydrogen-bond acceptors (Lipinski definition) is 7. The number of hydrogen-bond donors (Lipinski definition) is 1. The fraction of sp³-hybridized carbons (Fsp3) is 0.107. The second-order valence-electron chi connectivity index (χ2n) is 8.33. The molecule has 3 aromatic heterocycles. The summed E-state index contributed by atoms with van der Waals surface area (Å²) in [5.74, 6) is 1.19. The summed E-state index contributed by atoms with van der Waals surface area (Å²) >= 11 is 3.01. The molecule has 8 heteroatoms. The van der Waals surface area contributed by atoms with Crippen molar-refractivity contribution in [3.05, 3.63) is 93.2 Å². The lowest BCUT2D eigenvalue weighted by Crippen LogP contribution is -2.13. The predicted octanol–water partition coefficient (Wildman–Crippen LogP) is 6.78. The summed E-state index contributed by atoms with van der Waals surface area (Å²) in [6, 6.07) is 21.5. The number of fused-ring (bicyclic) bond motifs is 2. The maximum absolute atomic E-state index is 13.6. The molecule has 0 atom stereocenters. The third-order valence-electron chi connectivity index (χ3n) is 6.12. The van der Waals surface area contributed by atoms with Crippen molar-refractivity contribution in [2.24, 2.45) is 0 Å². The van der Waals surface area contributed by atoms with Crippen LogP contribution in [0.5, 0.6) is 11.5 Å². The number of para-hydroxylation sites is 1. The van der Waals surface area contributed by atoms with Crippen molar-refractivity contribution >= 4 is 44.5 Å². The third-order valence-corrected chi connectivity index (χ3v) is 8.22. The molecule has 0 bridgehead atoms. The number of carbonyl (C=O) groups is 1. The van der Waals surface area contributed by atoms with E-state index in [1.165, 1.54) is 11.3 Å². The Morgan fingerprint density at radius 2 is 1.97 bits per heavy atom. The highest BCUT2D eigenvalue weighted by Crippen LogP contribution is 2.37. The van der Waals surface area contributed by atoms with Gasteiger partial charge >= 0.3 is 0 Å². The van der Waals surface area contributed by atoms with Crippen LogP contribution < -0.4 is 14.8 Å². The van der Waals surface area contributed by atoms with E-state index in [0.29, 0.717) is 22.5 Å². The number of nitriles is 1. The van der Waals surface area contributed by atoms with Crippen LogP contribution in [0, 0.1) is 18.3 Å². The highest BCUT2D eigenvalue weighted by atomic mass is 32.1. The minimum Gasteiger partial charge on any atom is -0.454 e. The number of ether oxygens (including phenoxy) is 2. The van der Waals surface area contributed by atoms with Gasteiger partial charge in [0.2, 0.25) is 6.79 Å². The van der Waals surface area contributed by atoms with Crippen molar-refractivity contribution in [2.45, 2.75) is 13.3 Å². The fourth-order valence-corrected chi connectivity index (χ4v) is 6.14. The Hall–Kier alpha value is -4.19. The van der Waals surface area contributed by atoms with Gasteiger partial charge in [-0.25, -0.2) is 4.98 Å². The Morgan fingerprint density at radius 3 is 2.81 bits per heavy atom. The summed E-state index contributed by atoms with van der Waals surface area (Å²) < 4.78 is 10.9. The van der Waals surface area contributed by atoms with Crippen molar-refractivity contribution in [3.63, 3.8) is 0 Å². The average molecular weight is 510 g/mol. The molecule has 0 spiro atoms. The van der Waals surface area contributed by atoms with E-state index in [1.807, 2.05) is 73.0 Å². The molecule has 1 aliphatic rings. The van der Waals surface area contributed by atoms with Crippen molar-refractivity contribution in [1.82, 2.24) is 4.98 Å². The van der Waals surface area contributed by atoms with Gasteiger partial charge in [-0.2, -0.15) is 5.26 Å². The molecule has 1 amide bonds. The molecular weight excluding hydrogens is 490 g/mol. The molecule has 0 radical (unpaired) electrons. The molecule has 6 nitrogen and oxygen atoms in total. The zero-order valence-corrected chi connectivity index (χ0v) is 20.8. The molecule has 0 saturated carbocycles. The van der Waals surface area contributed by atoms with Gasteiger partial charge in [-0.3, -0.25) is 4.79 Å². The lowest BCUT2D eigenvalue weighted by atomic mass is 10.1. The van der Waals surface area contributed by atoms with Crippen LogP contribution in [-0.2, 0) is 6.42 Å². The van der Waals surface area contributed by atoms with E-state index in [1.54, 1.807) is 11.3 Å². The zero-order chi connectivity index (χ0) is 24.6. The van der Waals surface area contributed by atoms with Gasteiger partial charge in [0.25, 0.3) is 5.91 Å². The van der Waals surface area contributed by atoms with Crippen molar-refractivity contribution < 1.29 is 14.3 Å². The van der Waals surface area contributed by atoms with Crippen LogP contribution in [0.15, 0.2) is 66.0 Å². The zero-order valence-electron chi connectivity index (χ0n) is 19.2. The quantitative estimate of drug-likeness (QED) is 0.282. The molecule has 1 N–H and O–H groups in total. The number of aromatic nitrogens is 1. The Labute approximate surface area is 215 Å². The van der Waals surface area contributed by atoms with Gasteiger partial charge < -0.3 is 14.8 Å². The first kappa shape index (κ1) is 22.3. The molecule has 176 valence electrons. The van der Waals surface area contributed by atoms with Gasteiger partial charge in [0.1, 0.15) is 11.1 Å². The molecule has 0 unspecified atom stereocenters. The number of pyridine rings is 1. The van der Waals surface area contributed by atoms with Crippen molar-refractivity contribution in [2.75, 3.05) is 12.1 Å². The molecule has 0 aliphatic carbocycles. The van der Waals surface area contributed by atoms with Gasteiger partial charge in [0, 0.05) is 16.7 Å². The van der Waals surface area contributed by atoms with E-state index < -0.39 is 0 Å². The summed E-state index contributed by atoms with van der Waals surface area (Å²) in [5, 5.41) is 16.2. The van der Waals surface area contributed by atoms with E-state index in [9.17, 15) is 10.1 Å². The van der Waals surface area contributed by atoms with Crippen LogP contribution in [0.4, 0.5) is 5.00 Å². The van der Waals surface area contributed by atoms with E-state index in [2.05, 4.69) is 11.4 Å². The fourth-order valence-electron chi connectivity index (χ4n) is 4.27. The number of nitrogens with zero attached hydrogens (tertiary/aromatic N) is 2.